The summed E-state index contributed by atoms with van der Waals surface area (Å²) in [4.78, 5) is 1.25. The van der Waals surface area contributed by atoms with Crippen molar-refractivity contribution in [3.8, 4) is 0 Å². The fraction of sp³-hybridized carbons (Fsp3) is 0.375. The first-order valence-electron chi connectivity index (χ1n) is 6.78. The van der Waals surface area contributed by atoms with E-state index < -0.39 is 0 Å². The van der Waals surface area contributed by atoms with Gasteiger partial charge in [0.1, 0.15) is 4.34 Å². The number of hydrogen-bond acceptors (Lipinski definition) is 2. The van der Waals surface area contributed by atoms with Crippen molar-refractivity contribution >= 4 is 38.9 Å². The van der Waals surface area contributed by atoms with Gasteiger partial charge in [0.25, 0.3) is 0 Å². The zero-order valence-corrected chi connectivity index (χ0v) is 15.1. The molecule has 1 unspecified atom stereocenters. The van der Waals surface area contributed by atoms with E-state index in [-0.39, 0.29) is 6.04 Å². The van der Waals surface area contributed by atoms with Gasteiger partial charge in [-0.2, -0.15) is 0 Å². The molecule has 0 saturated carbocycles. The van der Waals surface area contributed by atoms with Crippen LogP contribution in [0.15, 0.2) is 28.7 Å². The maximum absolute atomic E-state index is 6.21. The lowest BCUT2D eigenvalue weighted by atomic mass is 9.97. The van der Waals surface area contributed by atoms with E-state index in [0.29, 0.717) is 0 Å². The van der Waals surface area contributed by atoms with E-state index in [4.69, 9.17) is 11.6 Å². The van der Waals surface area contributed by atoms with Crippen molar-refractivity contribution in [1.29, 1.82) is 0 Å². The fourth-order valence-electron chi connectivity index (χ4n) is 2.23. The topological polar surface area (TPSA) is 12.0 Å². The normalized spacial score (nSPS) is 12.7. The number of hydrogen-bond donors (Lipinski definition) is 1. The van der Waals surface area contributed by atoms with E-state index in [1.54, 1.807) is 11.3 Å². The summed E-state index contributed by atoms with van der Waals surface area (Å²) in [6.07, 6.45) is 1.11. The molecule has 20 heavy (non-hydrogen) atoms. The predicted octanol–water partition coefficient (Wildman–Crippen LogP) is 5.87. The van der Waals surface area contributed by atoms with Gasteiger partial charge in [-0.3, -0.25) is 0 Å². The highest BCUT2D eigenvalue weighted by Gasteiger charge is 2.19. The highest BCUT2D eigenvalue weighted by Crippen LogP contribution is 2.38. The monoisotopic (exact) mass is 371 g/mol. The standard InChI is InChI=1S/C16H19BrClNS/c1-4-7-19-15(14-9-13(17)16(18)20-14)12-8-10(2)5-6-11(12)3/h5-6,8-9,15,19H,4,7H2,1-3H3. The Bertz CT molecular complexity index is 575. The summed E-state index contributed by atoms with van der Waals surface area (Å²) in [5.74, 6) is 0. The van der Waals surface area contributed by atoms with Gasteiger partial charge in [-0.25, -0.2) is 0 Å². The molecule has 0 spiro atoms. The molecule has 1 N–H and O–H groups in total. The average molecular weight is 373 g/mol. The van der Waals surface area contributed by atoms with Crippen molar-refractivity contribution < 1.29 is 0 Å². The Morgan fingerprint density at radius 2 is 2.05 bits per heavy atom. The van der Waals surface area contributed by atoms with Crippen LogP contribution in [0.25, 0.3) is 0 Å². The van der Waals surface area contributed by atoms with Crippen LogP contribution >= 0.6 is 38.9 Å². The lowest BCUT2D eigenvalue weighted by molar-refractivity contribution is 0.603. The first-order valence-corrected chi connectivity index (χ1v) is 8.77. The van der Waals surface area contributed by atoms with E-state index in [1.165, 1.54) is 21.6 Å². The van der Waals surface area contributed by atoms with Gasteiger partial charge in [-0.15, -0.1) is 11.3 Å². The fourth-order valence-corrected chi connectivity index (χ4v) is 4.06. The molecule has 0 aliphatic carbocycles. The number of rotatable bonds is 5. The first-order chi connectivity index (χ1) is 9.52. The van der Waals surface area contributed by atoms with Gasteiger partial charge in [0.15, 0.2) is 0 Å². The number of thiophene rings is 1. The molecule has 0 amide bonds. The third-order valence-electron chi connectivity index (χ3n) is 3.29. The first kappa shape index (κ1) is 16.0. The zero-order valence-electron chi connectivity index (χ0n) is 12.0. The summed E-state index contributed by atoms with van der Waals surface area (Å²) >= 11 is 11.4. The Kier molecular flexibility index (Phi) is 5.67. The molecule has 0 aliphatic rings. The highest BCUT2D eigenvalue weighted by molar-refractivity contribution is 9.10. The molecule has 108 valence electrons. The Morgan fingerprint density at radius 3 is 2.65 bits per heavy atom. The highest BCUT2D eigenvalue weighted by atomic mass is 79.9. The number of aryl methyl sites for hydroxylation is 2. The third kappa shape index (κ3) is 3.64. The van der Waals surface area contributed by atoms with Gasteiger partial charge in [0, 0.05) is 9.35 Å². The van der Waals surface area contributed by atoms with Gasteiger partial charge in [-0.1, -0.05) is 42.3 Å². The molecule has 0 bridgehead atoms. The van der Waals surface area contributed by atoms with Crippen LogP contribution in [0.3, 0.4) is 0 Å². The van der Waals surface area contributed by atoms with Crippen molar-refractivity contribution in [2.24, 2.45) is 0 Å². The van der Waals surface area contributed by atoms with E-state index in [2.05, 4.69) is 66.3 Å². The van der Waals surface area contributed by atoms with Crippen LogP contribution in [-0.2, 0) is 0 Å². The summed E-state index contributed by atoms with van der Waals surface area (Å²) in [5, 5.41) is 3.64. The molecule has 0 saturated heterocycles. The lowest BCUT2D eigenvalue weighted by Gasteiger charge is -2.20. The molecule has 1 heterocycles. The number of halogens is 2. The summed E-state index contributed by atoms with van der Waals surface area (Å²) in [7, 11) is 0. The zero-order chi connectivity index (χ0) is 14.7. The van der Waals surface area contributed by atoms with Crippen molar-refractivity contribution in [1.82, 2.24) is 5.32 Å². The summed E-state index contributed by atoms with van der Waals surface area (Å²) in [5.41, 5.74) is 3.93. The van der Waals surface area contributed by atoms with Crippen molar-refractivity contribution in [3.05, 3.63) is 54.6 Å². The second kappa shape index (κ2) is 7.08. The minimum absolute atomic E-state index is 0.212. The second-order valence-electron chi connectivity index (χ2n) is 5.02. The van der Waals surface area contributed by atoms with Crippen molar-refractivity contribution in [3.63, 3.8) is 0 Å². The van der Waals surface area contributed by atoms with E-state index in [9.17, 15) is 0 Å². The van der Waals surface area contributed by atoms with Crippen LogP contribution < -0.4 is 5.32 Å². The smallest absolute Gasteiger partial charge is 0.107 e. The molecule has 1 aromatic carbocycles. The lowest BCUT2D eigenvalue weighted by Crippen LogP contribution is -2.23. The molecule has 4 heteroatoms. The van der Waals surface area contributed by atoms with E-state index >= 15 is 0 Å². The van der Waals surface area contributed by atoms with Gasteiger partial charge in [-0.05, 0) is 59.9 Å². The van der Waals surface area contributed by atoms with E-state index in [0.717, 1.165) is 21.8 Å². The minimum atomic E-state index is 0.212. The molecule has 0 fully saturated rings. The van der Waals surface area contributed by atoms with E-state index in [1.807, 2.05) is 0 Å². The summed E-state index contributed by atoms with van der Waals surface area (Å²) in [6.45, 7) is 7.48. The molecule has 0 aliphatic heterocycles. The maximum atomic E-state index is 6.21. The van der Waals surface area contributed by atoms with Gasteiger partial charge in [0.05, 0.1) is 6.04 Å². The Morgan fingerprint density at radius 1 is 1.30 bits per heavy atom. The molecule has 1 atom stereocenters. The van der Waals surface area contributed by atoms with Crippen molar-refractivity contribution in [2.45, 2.75) is 33.2 Å². The van der Waals surface area contributed by atoms with Gasteiger partial charge in [0.2, 0.25) is 0 Å². The largest absolute Gasteiger partial charge is 0.306 e. The Labute approximate surface area is 138 Å². The molecular formula is C16H19BrClNS. The number of nitrogens with one attached hydrogen (secondary N) is 1. The SMILES string of the molecule is CCCNC(c1cc(Br)c(Cl)s1)c1cc(C)ccc1C. The van der Waals surface area contributed by atoms with Crippen LogP contribution in [-0.4, -0.2) is 6.54 Å². The maximum Gasteiger partial charge on any atom is 0.107 e. The van der Waals surface area contributed by atoms with Crippen molar-refractivity contribution in [2.75, 3.05) is 6.54 Å². The molecule has 2 rings (SSSR count). The van der Waals surface area contributed by atoms with Crippen LogP contribution in [0.5, 0.6) is 0 Å². The van der Waals surface area contributed by atoms with Crippen LogP contribution in [0.2, 0.25) is 4.34 Å². The summed E-state index contributed by atoms with van der Waals surface area (Å²) < 4.78 is 1.79. The van der Waals surface area contributed by atoms with Crippen LogP contribution in [0, 0.1) is 13.8 Å². The molecule has 1 nitrogen and oxygen atoms in total. The van der Waals surface area contributed by atoms with Gasteiger partial charge >= 0.3 is 0 Å². The number of benzene rings is 1. The second-order valence-corrected chi connectivity index (χ2v) is 7.56. The van der Waals surface area contributed by atoms with Gasteiger partial charge < -0.3 is 5.32 Å². The Hall–Kier alpha value is -0.350. The molecule has 0 radical (unpaired) electrons. The Balaban J connectivity index is 2.43. The average Bonchev–Trinajstić information content (AvgIpc) is 2.74. The third-order valence-corrected chi connectivity index (χ3v) is 5.83. The summed E-state index contributed by atoms with van der Waals surface area (Å²) in [6, 6.07) is 8.96. The molecule has 1 aromatic heterocycles. The quantitative estimate of drug-likeness (QED) is 0.692. The van der Waals surface area contributed by atoms with Crippen LogP contribution in [0.1, 0.15) is 41.0 Å². The molecule has 2 aromatic rings. The van der Waals surface area contributed by atoms with Crippen LogP contribution in [0.4, 0.5) is 0 Å². The predicted molar refractivity (Wildman–Crippen MR) is 93.1 cm³/mol. The molecular weight excluding hydrogens is 354 g/mol. The minimum Gasteiger partial charge on any atom is -0.306 e.